The van der Waals surface area contributed by atoms with Crippen LogP contribution in [-0.4, -0.2) is 45.8 Å². The third-order valence-electron chi connectivity index (χ3n) is 3.73. The molecule has 6 heteroatoms. The van der Waals surface area contributed by atoms with Gasteiger partial charge < -0.3 is 10.0 Å². The number of rotatable bonds is 2. The molecule has 1 fully saturated rings. The van der Waals surface area contributed by atoms with Crippen LogP contribution in [0.4, 0.5) is 0 Å². The molecule has 1 aromatic carbocycles. The Balaban J connectivity index is 2.01. The lowest BCUT2D eigenvalue weighted by atomic mass is 10.1. The van der Waals surface area contributed by atoms with E-state index in [0.29, 0.717) is 23.9 Å². The zero-order valence-electron chi connectivity index (χ0n) is 10.9. The highest BCUT2D eigenvalue weighted by Crippen LogP contribution is 2.20. The van der Waals surface area contributed by atoms with Gasteiger partial charge in [-0.1, -0.05) is 18.2 Å². The second kappa shape index (κ2) is 5.05. The van der Waals surface area contributed by atoms with E-state index in [0.717, 1.165) is 6.42 Å². The number of nitrogens with one attached hydrogen (secondary N) is 1. The first-order chi connectivity index (χ1) is 9.70. The largest absolute Gasteiger partial charge is 0.396 e. The van der Waals surface area contributed by atoms with Crippen molar-refractivity contribution in [3.63, 3.8) is 0 Å². The molecule has 20 heavy (non-hydrogen) atoms. The van der Waals surface area contributed by atoms with E-state index in [1.54, 1.807) is 29.2 Å². The molecular formula is C14H15N3O3. The van der Waals surface area contributed by atoms with Crippen molar-refractivity contribution < 1.29 is 9.90 Å². The van der Waals surface area contributed by atoms with Crippen LogP contribution in [0.2, 0.25) is 0 Å². The van der Waals surface area contributed by atoms with Gasteiger partial charge in [0.15, 0.2) is 5.69 Å². The van der Waals surface area contributed by atoms with Crippen molar-refractivity contribution in [3.05, 3.63) is 40.3 Å². The monoisotopic (exact) mass is 273 g/mol. The summed E-state index contributed by atoms with van der Waals surface area (Å²) in [7, 11) is 0. The van der Waals surface area contributed by atoms with Gasteiger partial charge >= 0.3 is 0 Å². The molecule has 3 rings (SSSR count). The van der Waals surface area contributed by atoms with Crippen molar-refractivity contribution >= 4 is 16.7 Å². The second-order valence-corrected chi connectivity index (χ2v) is 5.04. The van der Waals surface area contributed by atoms with Gasteiger partial charge in [-0.15, -0.1) is 0 Å². The normalized spacial score (nSPS) is 18.6. The molecule has 1 saturated heterocycles. The SMILES string of the molecule is O=C(c1n[nH]c(=O)c2ccccc12)N1CCC(CO)C1. The van der Waals surface area contributed by atoms with E-state index in [9.17, 15) is 9.59 Å². The summed E-state index contributed by atoms with van der Waals surface area (Å²) in [4.78, 5) is 25.9. The maximum atomic E-state index is 12.5. The van der Waals surface area contributed by atoms with Gasteiger partial charge in [-0.2, -0.15) is 5.10 Å². The van der Waals surface area contributed by atoms with Crippen LogP contribution < -0.4 is 5.56 Å². The van der Waals surface area contributed by atoms with Gasteiger partial charge in [0.25, 0.3) is 11.5 Å². The zero-order valence-corrected chi connectivity index (χ0v) is 10.9. The summed E-state index contributed by atoms with van der Waals surface area (Å²) in [6.45, 7) is 1.23. The summed E-state index contributed by atoms with van der Waals surface area (Å²) in [5.41, 5.74) is -0.0365. The van der Waals surface area contributed by atoms with Gasteiger partial charge in [-0.3, -0.25) is 9.59 Å². The third-order valence-corrected chi connectivity index (χ3v) is 3.73. The maximum absolute atomic E-state index is 12.5. The Kier molecular flexibility index (Phi) is 3.23. The average Bonchev–Trinajstić information content (AvgIpc) is 2.96. The van der Waals surface area contributed by atoms with E-state index >= 15 is 0 Å². The van der Waals surface area contributed by atoms with Gasteiger partial charge in [0, 0.05) is 31.0 Å². The Bertz CT molecular complexity index is 710. The number of H-pyrrole nitrogens is 1. The van der Waals surface area contributed by atoms with Gasteiger partial charge in [0.1, 0.15) is 0 Å². The molecule has 1 unspecified atom stereocenters. The molecule has 1 atom stereocenters. The number of aliphatic hydroxyl groups excluding tert-OH is 1. The van der Waals surface area contributed by atoms with Gasteiger partial charge in [0.05, 0.1) is 5.39 Å². The fourth-order valence-electron chi connectivity index (χ4n) is 2.59. The number of likely N-dealkylation sites (tertiary alicyclic amines) is 1. The maximum Gasteiger partial charge on any atom is 0.274 e. The molecule has 6 nitrogen and oxygen atoms in total. The molecule has 1 aromatic heterocycles. The Morgan fingerprint density at radius 1 is 1.40 bits per heavy atom. The molecule has 2 N–H and O–H groups in total. The van der Waals surface area contributed by atoms with E-state index in [1.165, 1.54) is 0 Å². The van der Waals surface area contributed by atoms with Crippen LogP contribution >= 0.6 is 0 Å². The molecule has 1 aliphatic heterocycles. The Hall–Kier alpha value is -2.21. The number of aromatic amines is 1. The standard InChI is InChI=1S/C14H15N3O3/c18-8-9-5-6-17(7-9)14(20)12-10-3-1-2-4-11(10)13(19)16-15-12/h1-4,9,18H,5-8H2,(H,16,19). The lowest BCUT2D eigenvalue weighted by Crippen LogP contribution is -2.31. The minimum absolute atomic E-state index is 0.0869. The predicted octanol–water partition coefficient (Wildman–Crippen LogP) is 0.378. The fourth-order valence-corrected chi connectivity index (χ4v) is 2.59. The highest BCUT2D eigenvalue weighted by Gasteiger charge is 2.28. The molecule has 1 aliphatic rings. The highest BCUT2D eigenvalue weighted by molar-refractivity contribution is 6.04. The number of aliphatic hydroxyl groups is 1. The number of amides is 1. The molecule has 0 radical (unpaired) electrons. The fraction of sp³-hybridized carbons (Fsp3) is 0.357. The van der Waals surface area contributed by atoms with E-state index in [2.05, 4.69) is 10.2 Å². The Morgan fingerprint density at radius 2 is 2.15 bits per heavy atom. The second-order valence-electron chi connectivity index (χ2n) is 5.04. The van der Waals surface area contributed by atoms with Crippen molar-refractivity contribution in [1.29, 1.82) is 0 Å². The lowest BCUT2D eigenvalue weighted by molar-refractivity contribution is 0.0777. The minimum atomic E-state index is -0.299. The van der Waals surface area contributed by atoms with Crippen LogP contribution in [0.1, 0.15) is 16.9 Å². The van der Waals surface area contributed by atoms with Crippen LogP contribution in [0.25, 0.3) is 10.8 Å². The summed E-state index contributed by atoms with van der Waals surface area (Å²) < 4.78 is 0. The lowest BCUT2D eigenvalue weighted by Gasteiger charge is -2.16. The Morgan fingerprint density at radius 3 is 2.85 bits per heavy atom. The number of carbonyl (C=O) groups excluding carboxylic acids is 1. The first kappa shape index (κ1) is 12.8. The number of nitrogens with zero attached hydrogens (tertiary/aromatic N) is 2. The molecule has 1 amide bonds. The summed E-state index contributed by atoms with van der Waals surface area (Å²) in [6, 6.07) is 6.93. The first-order valence-corrected chi connectivity index (χ1v) is 6.58. The molecule has 2 aromatic rings. The summed E-state index contributed by atoms with van der Waals surface area (Å²) in [5, 5.41) is 16.4. The van der Waals surface area contributed by atoms with Gasteiger partial charge in [-0.25, -0.2) is 5.10 Å². The number of hydrogen-bond acceptors (Lipinski definition) is 4. The van der Waals surface area contributed by atoms with Crippen LogP contribution in [0.3, 0.4) is 0 Å². The topological polar surface area (TPSA) is 86.3 Å². The quantitative estimate of drug-likeness (QED) is 0.828. The number of hydrogen-bond donors (Lipinski definition) is 2. The first-order valence-electron chi connectivity index (χ1n) is 6.58. The summed E-state index contributed by atoms with van der Waals surface area (Å²) in [5.74, 6) is -0.0682. The van der Waals surface area contributed by atoms with Crippen molar-refractivity contribution in [1.82, 2.24) is 15.1 Å². The Labute approximate surface area is 115 Å². The minimum Gasteiger partial charge on any atom is -0.396 e. The van der Waals surface area contributed by atoms with Gasteiger partial charge in [0.2, 0.25) is 0 Å². The predicted molar refractivity (Wildman–Crippen MR) is 73.5 cm³/mol. The van der Waals surface area contributed by atoms with Crippen LogP contribution in [0, 0.1) is 5.92 Å². The molecule has 0 saturated carbocycles. The number of benzene rings is 1. The molecular weight excluding hydrogens is 258 g/mol. The molecule has 104 valence electrons. The van der Waals surface area contributed by atoms with Gasteiger partial charge in [-0.05, 0) is 12.5 Å². The van der Waals surface area contributed by atoms with Crippen LogP contribution in [0.15, 0.2) is 29.1 Å². The number of aromatic nitrogens is 2. The van der Waals surface area contributed by atoms with E-state index in [4.69, 9.17) is 5.11 Å². The summed E-state index contributed by atoms with van der Waals surface area (Å²) >= 11 is 0. The third kappa shape index (κ3) is 2.08. The molecule has 2 heterocycles. The molecule has 0 aliphatic carbocycles. The number of fused-ring (bicyclic) bond motifs is 1. The summed E-state index contributed by atoms with van der Waals surface area (Å²) in [6.07, 6.45) is 0.795. The highest BCUT2D eigenvalue weighted by atomic mass is 16.3. The van der Waals surface area contributed by atoms with E-state index in [-0.39, 0.29) is 29.7 Å². The van der Waals surface area contributed by atoms with Crippen molar-refractivity contribution in [2.45, 2.75) is 6.42 Å². The number of carbonyl (C=O) groups is 1. The van der Waals surface area contributed by atoms with Crippen molar-refractivity contribution in [3.8, 4) is 0 Å². The van der Waals surface area contributed by atoms with E-state index in [1.807, 2.05) is 0 Å². The molecule has 0 spiro atoms. The van der Waals surface area contributed by atoms with Crippen LogP contribution in [0.5, 0.6) is 0 Å². The van der Waals surface area contributed by atoms with Crippen LogP contribution in [-0.2, 0) is 0 Å². The molecule has 0 bridgehead atoms. The van der Waals surface area contributed by atoms with Crippen molar-refractivity contribution in [2.75, 3.05) is 19.7 Å². The van der Waals surface area contributed by atoms with Crippen molar-refractivity contribution in [2.24, 2.45) is 5.92 Å². The smallest absolute Gasteiger partial charge is 0.274 e. The zero-order chi connectivity index (χ0) is 14.1. The average molecular weight is 273 g/mol. The van der Waals surface area contributed by atoms with E-state index < -0.39 is 0 Å².